The molecule has 0 bridgehead atoms. The SMILES string of the molecule is Cc1nc(-c2cccc(NC(=O)c3ccc(S(=O)(=O)NC4CC4)cc3)c2)n[nH]1. The summed E-state index contributed by atoms with van der Waals surface area (Å²) in [5.74, 6) is 0.921. The first-order valence-electron chi connectivity index (χ1n) is 8.84. The van der Waals surface area contributed by atoms with Gasteiger partial charge in [0.1, 0.15) is 5.82 Å². The largest absolute Gasteiger partial charge is 0.322 e. The fourth-order valence-electron chi connectivity index (χ4n) is 2.69. The minimum absolute atomic E-state index is 0.0352. The molecule has 0 saturated heterocycles. The van der Waals surface area contributed by atoms with Gasteiger partial charge < -0.3 is 5.32 Å². The van der Waals surface area contributed by atoms with Gasteiger partial charge in [0.2, 0.25) is 10.0 Å². The molecule has 1 aromatic heterocycles. The summed E-state index contributed by atoms with van der Waals surface area (Å²) in [7, 11) is -3.53. The molecule has 8 nitrogen and oxygen atoms in total. The number of amides is 1. The van der Waals surface area contributed by atoms with Gasteiger partial charge in [-0.05, 0) is 56.2 Å². The maximum Gasteiger partial charge on any atom is 0.255 e. The summed E-state index contributed by atoms with van der Waals surface area (Å²) in [5.41, 5.74) is 1.73. The number of hydrogen-bond donors (Lipinski definition) is 3. The molecule has 3 N–H and O–H groups in total. The summed E-state index contributed by atoms with van der Waals surface area (Å²) < 4.78 is 27.0. The van der Waals surface area contributed by atoms with Crippen LogP contribution in [0.2, 0.25) is 0 Å². The van der Waals surface area contributed by atoms with Gasteiger partial charge in [0.15, 0.2) is 5.82 Å². The highest BCUT2D eigenvalue weighted by molar-refractivity contribution is 7.89. The fraction of sp³-hybridized carbons (Fsp3) is 0.211. The Morgan fingerprint density at radius 2 is 1.89 bits per heavy atom. The zero-order chi connectivity index (χ0) is 19.7. The third kappa shape index (κ3) is 4.10. The van der Waals surface area contributed by atoms with Gasteiger partial charge in [0.05, 0.1) is 4.90 Å². The van der Waals surface area contributed by atoms with Crippen LogP contribution in [0.4, 0.5) is 5.69 Å². The molecular formula is C19H19N5O3S. The Balaban J connectivity index is 1.48. The Labute approximate surface area is 162 Å². The van der Waals surface area contributed by atoms with Gasteiger partial charge in [0, 0.05) is 22.9 Å². The zero-order valence-corrected chi connectivity index (χ0v) is 16.0. The van der Waals surface area contributed by atoms with E-state index in [0.29, 0.717) is 22.9 Å². The standard InChI is InChI=1S/C19H19N5O3S/c1-12-20-18(23-22-12)14-3-2-4-16(11-14)21-19(25)13-5-9-17(10-6-13)28(26,27)24-15-7-8-15/h2-6,9-11,15,24H,7-8H2,1H3,(H,21,25)(H,20,22,23). The molecule has 1 aliphatic carbocycles. The lowest BCUT2D eigenvalue weighted by molar-refractivity contribution is 0.102. The van der Waals surface area contributed by atoms with Crippen molar-refractivity contribution in [1.82, 2.24) is 19.9 Å². The molecule has 4 rings (SSSR count). The number of rotatable bonds is 6. The van der Waals surface area contributed by atoms with E-state index in [0.717, 1.165) is 18.4 Å². The number of aromatic nitrogens is 3. The number of anilines is 1. The number of sulfonamides is 1. The smallest absolute Gasteiger partial charge is 0.255 e. The van der Waals surface area contributed by atoms with Crippen LogP contribution in [-0.4, -0.2) is 35.5 Å². The molecule has 3 aromatic rings. The number of nitrogens with zero attached hydrogens (tertiary/aromatic N) is 2. The number of nitrogens with one attached hydrogen (secondary N) is 3. The second-order valence-corrected chi connectivity index (χ2v) is 8.41. The summed E-state index contributed by atoms with van der Waals surface area (Å²) >= 11 is 0. The molecule has 28 heavy (non-hydrogen) atoms. The van der Waals surface area contributed by atoms with Gasteiger partial charge in [-0.25, -0.2) is 18.1 Å². The monoisotopic (exact) mass is 397 g/mol. The molecule has 2 aromatic carbocycles. The number of aromatic amines is 1. The highest BCUT2D eigenvalue weighted by Crippen LogP contribution is 2.23. The average Bonchev–Trinajstić information content (AvgIpc) is 3.37. The van der Waals surface area contributed by atoms with Crippen molar-refractivity contribution in [1.29, 1.82) is 0 Å². The molecule has 1 fully saturated rings. The van der Waals surface area contributed by atoms with Gasteiger partial charge in [-0.2, -0.15) is 5.10 Å². The van der Waals surface area contributed by atoms with Crippen LogP contribution in [0.3, 0.4) is 0 Å². The second kappa shape index (κ2) is 7.17. The number of carbonyl (C=O) groups is 1. The summed E-state index contributed by atoms with van der Waals surface area (Å²) in [6.45, 7) is 1.81. The van der Waals surface area contributed by atoms with Crippen LogP contribution in [0, 0.1) is 6.92 Å². The highest BCUT2D eigenvalue weighted by Gasteiger charge is 2.27. The lowest BCUT2D eigenvalue weighted by Crippen LogP contribution is -2.25. The third-order valence-electron chi connectivity index (χ3n) is 4.30. The first-order valence-corrected chi connectivity index (χ1v) is 10.3. The summed E-state index contributed by atoms with van der Waals surface area (Å²) in [4.78, 5) is 16.9. The molecule has 0 atom stereocenters. The summed E-state index contributed by atoms with van der Waals surface area (Å²) in [5, 5.41) is 9.70. The van der Waals surface area contributed by atoms with Crippen LogP contribution in [0.1, 0.15) is 29.0 Å². The molecule has 1 heterocycles. The summed E-state index contributed by atoms with van der Waals surface area (Å²) in [6.07, 6.45) is 1.73. The maximum atomic E-state index is 12.5. The van der Waals surface area contributed by atoms with Crippen LogP contribution in [-0.2, 0) is 10.0 Å². The van der Waals surface area contributed by atoms with E-state index in [2.05, 4.69) is 25.2 Å². The van der Waals surface area contributed by atoms with Crippen molar-refractivity contribution in [2.45, 2.75) is 30.7 Å². The van der Waals surface area contributed by atoms with Crippen LogP contribution in [0.15, 0.2) is 53.4 Å². The van der Waals surface area contributed by atoms with E-state index in [-0.39, 0.29) is 16.8 Å². The van der Waals surface area contributed by atoms with Crippen molar-refractivity contribution >= 4 is 21.6 Å². The Morgan fingerprint density at radius 3 is 2.54 bits per heavy atom. The minimum Gasteiger partial charge on any atom is -0.322 e. The van der Waals surface area contributed by atoms with Gasteiger partial charge in [-0.3, -0.25) is 9.89 Å². The summed E-state index contributed by atoms with van der Waals surface area (Å²) in [6, 6.07) is 13.1. The Kier molecular flexibility index (Phi) is 4.70. The number of carbonyl (C=O) groups excluding carboxylic acids is 1. The van der Waals surface area contributed by atoms with E-state index in [1.807, 2.05) is 13.0 Å². The van der Waals surface area contributed by atoms with Crippen LogP contribution in [0.25, 0.3) is 11.4 Å². The number of hydrogen-bond acceptors (Lipinski definition) is 5. The molecule has 1 aliphatic rings. The fourth-order valence-corrected chi connectivity index (χ4v) is 3.99. The normalized spacial score (nSPS) is 14.0. The van der Waals surface area contributed by atoms with E-state index in [1.54, 1.807) is 18.2 Å². The van der Waals surface area contributed by atoms with E-state index < -0.39 is 10.0 Å². The van der Waals surface area contributed by atoms with Gasteiger partial charge in [-0.15, -0.1) is 0 Å². The van der Waals surface area contributed by atoms with Gasteiger partial charge in [0.25, 0.3) is 5.91 Å². The molecule has 0 radical (unpaired) electrons. The predicted octanol–water partition coefficient (Wildman–Crippen LogP) is 2.47. The predicted molar refractivity (Wildman–Crippen MR) is 104 cm³/mol. The molecule has 144 valence electrons. The van der Waals surface area contributed by atoms with Crippen LogP contribution in [0.5, 0.6) is 0 Å². The van der Waals surface area contributed by atoms with Crippen LogP contribution < -0.4 is 10.0 Å². The van der Waals surface area contributed by atoms with Gasteiger partial charge in [-0.1, -0.05) is 12.1 Å². The van der Waals surface area contributed by atoms with Crippen molar-refractivity contribution in [3.05, 3.63) is 59.9 Å². The Bertz CT molecular complexity index is 1120. The van der Waals surface area contributed by atoms with Crippen molar-refractivity contribution in [2.24, 2.45) is 0 Å². The van der Waals surface area contributed by atoms with Crippen molar-refractivity contribution < 1.29 is 13.2 Å². The Hall–Kier alpha value is -3.04. The topological polar surface area (TPSA) is 117 Å². The first-order chi connectivity index (χ1) is 13.4. The molecule has 0 unspecified atom stereocenters. The maximum absolute atomic E-state index is 12.5. The molecule has 1 saturated carbocycles. The van der Waals surface area contributed by atoms with Gasteiger partial charge >= 0.3 is 0 Å². The highest BCUT2D eigenvalue weighted by atomic mass is 32.2. The lowest BCUT2D eigenvalue weighted by atomic mass is 10.1. The average molecular weight is 397 g/mol. The molecular weight excluding hydrogens is 378 g/mol. The van der Waals surface area contributed by atoms with Crippen molar-refractivity contribution in [3.8, 4) is 11.4 Å². The van der Waals surface area contributed by atoms with E-state index in [9.17, 15) is 13.2 Å². The minimum atomic E-state index is -3.53. The number of benzene rings is 2. The number of aryl methyl sites for hydroxylation is 1. The molecule has 1 amide bonds. The quantitative estimate of drug-likeness (QED) is 0.591. The van der Waals surface area contributed by atoms with E-state index in [4.69, 9.17) is 0 Å². The second-order valence-electron chi connectivity index (χ2n) is 6.70. The zero-order valence-electron chi connectivity index (χ0n) is 15.1. The van der Waals surface area contributed by atoms with E-state index >= 15 is 0 Å². The lowest BCUT2D eigenvalue weighted by Gasteiger charge is -2.08. The third-order valence-corrected chi connectivity index (χ3v) is 5.84. The van der Waals surface area contributed by atoms with Crippen molar-refractivity contribution in [3.63, 3.8) is 0 Å². The van der Waals surface area contributed by atoms with E-state index in [1.165, 1.54) is 24.3 Å². The molecule has 0 aliphatic heterocycles. The molecule has 0 spiro atoms. The number of H-pyrrole nitrogens is 1. The Morgan fingerprint density at radius 1 is 1.14 bits per heavy atom. The van der Waals surface area contributed by atoms with Crippen LogP contribution >= 0.6 is 0 Å². The molecule has 9 heteroatoms. The van der Waals surface area contributed by atoms with Crippen molar-refractivity contribution in [2.75, 3.05) is 5.32 Å². The first kappa shape index (κ1) is 18.3.